The molecule has 2 rings (SSSR count). The molecule has 0 fully saturated rings. The predicted molar refractivity (Wildman–Crippen MR) is 77.4 cm³/mol. The molecule has 0 amide bonds. The van der Waals surface area contributed by atoms with Crippen LogP contribution in [0.2, 0.25) is 5.02 Å². The first-order valence-corrected chi connectivity index (χ1v) is 6.80. The Labute approximate surface area is 118 Å². The van der Waals surface area contributed by atoms with E-state index in [-0.39, 0.29) is 6.04 Å². The second-order valence-corrected chi connectivity index (χ2v) is 5.25. The van der Waals surface area contributed by atoms with Crippen LogP contribution < -0.4 is 5.32 Å². The third-order valence-corrected chi connectivity index (χ3v) is 3.40. The highest BCUT2D eigenvalue weighted by Crippen LogP contribution is 2.20. The van der Waals surface area contributed by atoms with Crippen molar-refractivity contribution >= 4 is 11.6 Å². The van der Waals surface area contributed by atoms with Crippen molar-refractivity contribution in [1.29, 1.82) is 0 Å². The van der Waals surface area contributed by atoms with Gasteiger partial charge in [0.1, 0.15) is 12.2 Å². The first kappa shape index (κ1) is 14.0. The molecule has 19 heavy (non-hydrogen) atoms. The zero-order valence-corrected chi connectivity index (χ0v) is 12.2. The minimum atomic E-state index is 0.207. The van der Waals surface area contributed by atoms with E-state index in [4.69, 9.17) is 11.6 Å². The van der Waals surface area contributed by atoms with Crippen molar-refractivity contribution in [2.45, 2.75) is 32.4 Å². The molecule has 102 valence electrons. The van der Waals surface area contributed by atoms with Gasteiger partial charge in [-0.25, -0.2) is 9.67 Å². The van der Waals surface area contributed by atoms with Crippen molar-refractivity contribution < 1.29 is 0 Å². The number of likely N-dealkylation sites (N-methyl/N-ethyl adjacent to an activating group) is 1. The number of halogens is 1. The first-order chi connectivity index (χ1) is 9.11. The lowest BCUT2D eigenvalue weighted by molar-refractivity contribution is 0.478. The van der Waals surface area contributed by atoms with E-state index >= 15 is 0 Å². The van der Waals surface area contributed by atoms with Crippen LogP contribution in [0.1, 0.15) is 37.3 Å². The summed E-state index contributed by atoms with van der Waals surface area (Å²) in [5.41, 5.74) is 1.20. The maximum Gasteiger partial charge on any atom is 0.138 e. The molecule has 5 heteroatoms. The van der Waals surface area contributed by atoms with Gasteiger partial charge >= 0.3 is 0 Å². The van der Waals surface area contributed by atoms with Gasteiger partial charge in [0.05, 0.1) is 0 Å². The second kappa shape index (κ2) is 6.17. The number of nitrogens with zero attached hydrogens (tertiary/aromatic N) is 3. The largest absolute Gasteiger partial charge is 0.313 e. The van der Waals surface area contributed by atoms with Crippen LogP contribution in [-0.4, -0.2) is 21.8 Å². The van der Waals surface area contributed by atoms with Crippen molar-refractivity contribution in [1.82, 2.24) is 20.1 Å². The van der Waals surface area contributed by atoms with Gasteiger partial charge in [-0.3, -0.25) is 0 Å². The molecular formula is C14H19ClN4. The highest BCUT2D eigenvalue weighted by molar-refractivity contribution is 6.30. The molecule has 0 saturated heterocycles. The van der Waals surface area contributed by atoms with E-state index in [1.54, 1.807) is 6.33 Å². The highest BCUT2D eigenvalue weighted by Gasteiger charge is 2.15. The fourth-order valence-electron chi connectivity index (χ4n) is 2.12. The Balaban J connectivity index is 2.19. The van der Waals surface area contributed by atoms with Crippen LogP contribution in [0.3, 0.4) is 0 Å². The average Bonchev–Trinajstić information content (AvgIpc) is 2.85. The number of rotatable bonds is 5. The molecule has 1 aromatic heterocycles. The number of aromatic nitrogens is 3. The lowest BCUT2D eigenvalue weighted by Gasteiger charge is -2.17. The molecule has 1 heterocycles. The van der Waals surface area contributed by atoms with Crippen molar-refractivity contribution in [3.05, 3.63) is 47.0 Å². The van der Waals surface area contributed by atoms with Gasteiger partial charge in [0.15, 0.2) is 0 Å². The molecule has 0 aliphatic heterocycles. The number of hydrogen-bond acceptors (Lipinski definition) is 3. The lowest BCUT2D eigenvalue weighted by atomic mass is 10.0. The zero-order chi connectivity index (χ0) is 13.8. The Morgan fingerprint density at radius 2 is 1.95 bits per heavy atom. The summed E-state index contributed by atoms with van der Waals surface area (Å²) < 4.78 is 1.96. The normalized spacial score (nSPS) is 12.9. The standard InChI is InChI=1S/C14H19ClN4/c1-10(2)19-14(17-9-18-19)8-13(16-3)11-4-6-12(15)7-5-11/h4-7,9-10,13,16H,8H2,1-3H3. The minimum Gasteiger partial charge on any atom is -0.313 e. The van der Waals surface area contributed by atoms with Crippen LogP contribution >= 0.6 is 11.6 Å². The molecule has 1 N–H and O–H groups in total. The molecule has 2 aromatic rings. The molecule has 0 aliphatic carbocycles. The van der Waals surface area contributed by atoms with E-state index < -0.39 is 0 Å². The van der Waals surface area contributed by atoms with Gasteiger partial charge < -0.3 is 5.32 Å². The van der Waals surface area contributed by atoms with E-state index in [9.17, 15) is 0 Å². The van der Waals surface area contributed by atoms with Crippen LogP contribution in [0, 0.1) is 0 Å². The third-order valence-electron chi connectivity index (χ3n) is 3.14. The van der Waals surface area contributed by atoms with Crippen LogP contribution in [0.25, 0.3) is 0 Å². The van der Waals surface area contributed by atoms with E-state index in [1.807, 2.05) is 36.0 Å². The fourth-order valence-corrected chi connectivity index (χ4v) is 2.24. The fraction of sp³-hybridized carbons (Fsp3) is 0.429. The summed E-state index contributed by atoms with van der Waals surface area (Å²) >= 11 is 5.92. The Morgan fingerprint density at radius 1 is 1.26 bits per heavy atom. The molecule has 0 saturated carbocycles. The van der Waals surface area contributed by atoms with Crippen molar-refractivity contribution in [3.8, 4) is 0 Å². The molecule has 4 nitrogen and oxygen atoms in total. The SMILES string of the molecule is CNC(Cc1ncnn1C(C)C)c1ccc(Cl)cc1. The number of hydrogen-bond donors (Lipinski definition) is 1. The minimum absolute atomic E-state index is 0.207. The van der Waals surface area contributed by atoms with E-state index in [0.717, 1.165) is 17.3 Å². The van der Waals surface area contributed by atoms with Gasteiger partial charge in [-0.05, 0) is 38.6 Å². The van der Waals surface area contributed by atoms with Crippen molar-refractivity contribution in [3.63, 3.8) is 0 Å². The van der Waals surface area contributed by atoms with Crippen molar-refractivity contribution in [2.75, 3.05) is 7.05 Å². The Hall–Kier alpha value is -1.39. The van der Waals surface area contributed by atoms with Gasteiger partial charge in [0, 0.05) is 23.5 Å². The second-order valence-electron chi connectivity index (χ2n) is 4.81. The van der Waals surface area contributed by atoms with Crippen LogP contribution in [-0.2, 0) is 6.42 Å². The highest BCUT2D eigenvalue weighted by atomic mass is 35.5. The quantitative estimate of drug-likeness (QED) is 0.914. The molecular weight excluding hydrogens is 260 g/mol. The van der Waals surface area contributed by atoms with E-state index in [0.29, 0.717) is 6.04 Å². The molecule has 0 aliphatic rings. The average molecular weight is 279 g/mol. The monoisotopic (exact) mass is 278 g/mol. The molecule has 1 atom stereocenters. The van der Waals surface area contributed by atoms with Gasteiger partial charge in [0.25, 0.3) is 0 Å². The van der Waals surface area contributed by atoms with Crippen LogP contribution in [0.4, 0.5) is 0 Å². The summed E-state index contributed by atoms with van der Waals surface area (Å²) in [6.45, 7) is 4.21. The van der Waals surface area contributed by atoms with Gasteiger partial charge in [-0.2, -0.15) is 5.10 Å². The Kier molecular flexibility index (Phi) is 4.56. The Bertz CT molecular complexity index is 518. The molecule has 1 unspecified atom stereocenters. The summed E-state index contributed by atoms with van der Waals surface area (Å²) in [6.07, 6.45) is 2.42. The van der Waals surface area contributed by atoms with Crippen molar-refractivity contribution in [2.24, 2.45) is 0 Å². The summed E-state index contributed by atoms with van der Waals surface area (Å²) in [6, 6.07) is 8.43. The summed E-state index contributed by atoms with van der Waals surface area (Å²) in [7, 11) is 1.95. The van der Waals surface area contributed by atoms with Crippen LogP contribution in [0.15, 0.2) is 30.6 Å². The first-order valence-electron chi connectivity index (χ1n) is 6.43. The zero-order valence-electron chi connectivity index (χ0n) is 11.5. The smallest absolute Gasteiger partial charge is 0.138 e. The molecule has 0 radical (unpaired) electrons. The topological polar surface area (TPSA) is 42.7 Å². The van der Waals surface area contributed by atoms with Crippen LogP contribution in [0.5, 0.6) is 0 Å². The lowest BCUT2D eigenvalue weighted by Crippen LogP contribution is -2.21. The van der Waals surface area contributed by atoms with E-state index in [1.165, 1.54) is 5.56 Å². The van der Waals surface area contributed by atoms with Gasteiger partial charge in [0.2, 0.25) is 0 Å². The summed E-state index contributed by atoms with van der Waals surface area (Å²) in [4.78, 5) is 4.35. The van der Waals surface area contributed by atoms with Gasteiger partial charge in [-0.1, -0.05) is 23.7 Å². The summed E-state index contributed by atoms with van der Waals surface area (Å²) in [5, 5.41) is 8.34. The summed E-state index contributed by atoms with van der Waals surface area (Å²) in [5.74, 6) is 0.990. The Morgan fingerprint density at radius 3 is 2.53 bits per heavy atom. The molecule has 0 bridgehead atoms. The maximum absolute atomic E-state index is 5.92. The molecule has 1 aromatic carbocycles. The number of benzene rings is 1. The number of nitrogens with one attached hydrogen (secondary N) is 1. The van der Waals surface area contributed by atoms with E-state index in [2.05, 4.69) is 29.2 Å². The predicted octanol–water partition coefficient (Wildman–Crippen LogP) is 3.02. The third kappa shape index (κ3) is 3.33. The maximum atomic E-state index is 5.92. The van der Waals surface area contributed by atoms with Gasteiger partial charge in [-0.15, -0.1) is 0 Å². The molecule has 0 spiro atoms.